The summed E-state index contributed by atoms with van der Waals surface area (Å²) in [5, 5.41) is 3.70. The number of anilines is 1. The Morgan fingerprint density at radius 1 is 1.23 bits per heavy atom. The second-order valence-corrected chi connectivity index (χ2v) is 7.32. The van der Waals surface area contributed by atoms with Crippen LogP contribution in [0.15, 0.2) is 42.5 Å². The number of hydrogen-bond acceptors (Lipinski definition) is 5. The molecule has 3 aromatic rings. The number of aryl methyl sites for hydroxylation is 1. The summed E-state index contributed by atoms with van der Waals surface area (Å²) in [7, 11) is 0. The molecule has 26 heavy (non-hydrogen) atoms. The number of hydrogen-bond donors (Lipinski definition) is 1. The summed E-state index contributed by atoms with van der Waals surface area (Å²) in [6.45, 7) is 1.63. The molecule has 2 heterocycles. The molecule has 0 bridgehead atoms. The van der Waals surface area contributed by atoms with E-state index in [0.717, 1.165) is 20.1 Å². The van der Waals surface area contributed by atoms with E-state index in [-0.39, 0.29) is 18.9 Å². The van der Waals surface area contributed by atoms with Gasteiger partial charge in [-0.2, -0.15) is 0 Å². The third-order valence-electron chi connectivity index (χ3n) is 4.22. The molecule has 6 nitrogen and oxygen atoms in total. The minimum absolute atomic E-state index is 0.126. The van der Waals surface area contributed by atoms with Gasteiger partial charge in [0.2, 0.25) is 11.8 Å². The molecule has 0 saturated heterocycles. The molecule has 4 rings (SSSR count). The maximum absolute atomic E-state index is 12.5. The second-order valence-electron chi connectivity index (χ2n) is 6.08. The number of nitrogens with zero attached hydrogens (tertiary/aromatic N) is 2. The number of rotatable bonds is 3. The van der Waals surface area contributed by atoms with Gasteiger partial charge >= 0.3 is 0 Å². The molecule has 7 heteroatoms. The van der Waals surface area contributed by atoms with Crippen LogP contribution >= 0.6 is 11.3 Å². The molecule has 1 aliphatic rings. The molecule has 0 spiro atoms. The zero-order valence-electron chi connectivity index (χ0n) is 14.0. The number of nitrogens with one attached hydrogen (secondary N) is 1. The average Bonchev–Trinajstić information content (AvgIpc) is 2.98. The summed E-state index contributed by atoms with van der Waals surface area (Å²) in [4.78, 5) is 42.5. The van der Waals surface area contributed by atoms with Gasteiger partial charge in [-0.1, -0.05) is 18.2 Å². The van der Waals surface area contributed by atoms with Crippen molar-refractivity contribution < 1.29 is 14.4 Å². The third kappa shape index (κ3) is 2.97. The predicted molar refractivity (Wildman–Crippen MR) is 99.2 cm³/mol. The monoisotopic (exact) mass is 365 g/mol. The molecular formula is C19H15N3O3S. The first kappa shape index (κ1) is 16.4. The molecule has 0 saturated carbocycles. The minimum Gasteiger partial charge on any atom is -0.324 e. The van der Waals surface area contributed by atoms with Gasteiger partial charge in [0.15, 0.2) is 0 Å². The van der Waals surface area contributed by atoms with Crippen molar-refractivity contribution in [2.24, 2.45) is 0 Å². The van der Waals surface area contributed by atoms with Crippen LogP contribution in [0.25, 0.3) is 10.2 Å². The zero-order chi connectivity index (χ0) is 18.3. The topological polar surface area (TPSA) is 79.4 Å². The Balaban J connectivity index is 1.50. The van der Waals surface area contributed by atoms with Crippen molar-refractivity contribution in [1.29, 1.82) is 0 Å². The minimum atomic E-state index is -0.430. The van der Waals surface area contributed by atoms with Crippen LogP contribution in [-0.2, 0) is 16.0 Å². The van der Waals surface area contributed by atoms with Crippen molar-refractivity contribution >= 4 is 45.0 Å². The summed E-state index contributed by atoms with van der Waals surface area (Å²) in [5.41, 5.74) is 2.67. The van der Waals surface area contributed by atoms with E-state index >= 15 is 0 Å². The molecule has 0 radical (unpaired) electrons. The Morgan fingerprint density at radius 2 is 2.04 bits per heavy atom. The van der Waals surface area contributed by atoms with Crippen LogP contribution in [0.3, 0.4) is 0 Å². The summed E-state index contributed by atoms with van der Waals surface area (Å²) in [5.74, 6) is -1.20. The highest BCUT2D eigenvalue weighted by Gasteiger charge is 2.31. The number of carbonyl (C=O) groups is 3. The Morgan fingerprint density at radius 3 is 2.88 bits per heavy atom. The lowest BCUT2D eigenvalue weighted by molar-refractivity contribution is -0.131. The van der Waals surface area contributed by atoms with Crippen LogP contribution in [0, 0.1) is 6.92 Å². The molecule has 3 amide bonds. The molecule has 1 aromatic heterocycles. The zero-order valence-corrected chi connectivity index (χ0v) is 14.8. The SMILES string of the molecule is Cc1nc2ccc(NC(=O)CN3C(=O)Cc4ccccc4C3=O)cc2s1. The summed E-state index contributed by atoms with van der Waals surface area (Å²) >= 11 is 1.54. The first-order valence-electron chi connectivity index (χ1n) is 8.11. The van der Waals surface area contributed by atoms with Crippen LogP contribution in [0.4, 0.5) is 5.69 Å². The summed E-state index contributed by atoms with van der Waals surface area (Å²) in [6.07, 6.45) is 0.126. The average molecular weight is 365 g/mol. The number of fused-ring (bicyclic) bond motifs is 2. The molecule has 0 aliphatic carbocycles. The van der Waals surface area contributed by atoms with Gasteiger partial charge in [0.05, 0.1) is 21.6 Å². The van der Waals surface area contributed by atoms with Crippen molar-refractivity contribution in [2.45, 2.75) is 13.3 Å². The van der Waals surface area contributed by atoms with Crippen molar-refractivity contribution in [3.05, 3.63) is 58.6 Å². The fraction of sp³-hybridized carbons (Fsp3) is 0.158. The second kappa shape index (κ2) is 6.34. The molecule has 1 aliphatic heterocycles. The van der Waals surface area contributed by atoms with Gasteiger partial charge in [-0.3, -0.25) is 19.3 Å². The first-order valence-corrected chi connectivity index (χ1v) is 8.92. The highest BCUT2D eigenvalue weighted by Crippen LogP contribution is 2.25. The molecular weight excluding hydrogens is 350 g/mol. The van der Waals surface area contributed by atoms with Gasteiger partial charge in [0, 0.05) is 11.3 Å². The van der Waals surface area contributed by atoms with Crippen molar-refractivity contribution in [3.8, 4) is 0 Å². The van der Waals surface area contributed by atoms with Crippen LogP contribution in [-0.4, -0.2) is 34.2 Å². The predicted octanol–water partition coefficient (Wildman–Crippen LogP) is 2.77. The van der Waals surface area contributed by atoms with E-state index in [1.165, 1.54) is 0 Å². The Bertz CT molecular complexity index is 1060. The number of carbonyl (C=O) groups excluding carboxylic acids is 3. The third-order valence-corrected chi connectivity index (χ3v) is 5.15. The lowest BCUT2D eigenvalue weighted by Crippen LogP contribution is -2.46. The summed E-state index contributed by atoms with van der Waals surface area (Å²) < 4.78 is 0.972. The van der Waals surface area contributed by atoms with Crippen LogP contribution in [0.1, 0.15) is 20.9 Å². The van der Waals surface area contributed by atoms with E-state index in [9.17, 15) is 14.4 Å². The van der Waals surface area contributed by atoms with Crippen molar-refractivity contribution in [2.75, 3.05) is 11.9 Å². The fourth-order valence-corrected chi connectivity index (χ4v) is 3.89. The molecule has 1 N–H and O–H groups in total. The standard InChI is InChI=1S/C19H15N3O3S/c1-11-20-15-7-6-13(9-16(15)26-11)21-17(23)10-22-18(24)8-12-4-2-3-5-14(12)19(22)25/h2-7,9H,8,10H2,1H3,(H,21,23). The highest BCUT2D eigenvalue weighted by atomic mass is 32.1. The van der Waals surface area contributed by atoms with Crippen molar-refractivity contribution in [1.82, 2.24) is 9.88 Å². The number of aromatic nitrogens is 1. The first-order chi connectivity index (χ1) is 12.5. The maximum Gasteiger partial charge on any atom is 0.261 e. The smallest absolute Gasteiger partial charge is 0.261 e. The van der Waals surface area contributed by atoms with Crippen LogP contribution < -0.4 is 5.32 Å². The molecule has 0 atom stereocenters. The van der Waals surface area contributed by atoms with Gasteiger partial charge in [0.25, 0.3) is 5.91 Å². The van der Waals surface area contributed by atoms with Crippen LogP contribution in [0.5, 0.6) is 0 Å². The summed E-state index contributed by atoms with van der Waals surface area (Å²) in [6, 6.07) is 12.4. The lowest BCUT2D eigenvalue weighted by Gasteiger charge is -2.26. The normalized spacial score (nSPS) is 13.8. The van der Waals surface area contributed by atoms with Gasteiger partial charge in [-0.15, -0.1) is 11.3 Å². The number of amides is 3. The van der Waals surface area contributed by atoms with E-state index in [1.807, 2.05) is 19.1 Å². The number of benzene rings is 2. The van der Waals surface area contributed by atoms with Gasteiger partial charge in [-0.05, 0) is 36.8 Å². The quantitative estimate of drug-likeness (QED) is 0.724. The Labute approximate surface area is 153 Å². The Hall–Kier alpha value is -3.06. The van der Waals surface area contributed by atoms with E-state index in [2.05, 4.69) is 10.3 Å². The van der Waals surface area contributed by atoms with Gasteiger partial charge in [-0.25, -0.2) is 4.98 Å². The number of thiazole rings is 1. The van der Waals surface area contributed by atoms with Crippen LogP contribution in [0.2, 0.25) is 0 Å². The van der Waals surface area contributed by atoms with E-state index in [0.29, 0.717) is 16.8 Å². The van der Waals surface area contributed by atoms with Gasteiger partial charge < -0.3 is 5.32 Å². The molecule has 0 unspecified atom stereocenters. The molecule has 0 fully saturated rings. The van der Waals surface area contributed by atoms with E-state index in [4.69, 9.17) is 0 Å². The molecule has 130 valence electrons. The largest absolute Gasteiger partial charge is 0.324 e. The van der Waals surface area contributed by atoms with E-state index in [1.54, 1.807) is 41.7 Å². The molecule has 2 aromatic carbocycles. The fourth-order valence-electron chi connectivity index (χ4n) is 3.02. The number of imide groups is 1. The Kier molecular flexibility index (Phi) is 4.00. The van der Waals surface area contributed by atoms with Crippen molar-refractivity contribution in [3.63, 3.8) is 0 Å². The van der Waals surface area contributed by atoms with E-state index < -0.39 is 11.8 Å². The lowest BCUT2D eigenvalue weighted by atomic mass is 9.98. The highest BCUT2D eigenvalue weighted by molar-refractivity contribution is 7.18. The van der Waals surface area contributed by atoms with Gasteiger partial charge in [0.1, 0.15) is 6.54 Å². The maximum atomic E-state index is 12.5.